The molecule has 204 valence electrons. The minimum Gasteiger partial charge on any atom is -0.497 e. The van der Waals surface area contributed by atoms with Gasteiger partial charge in [0.2, 0.25) is 0 Å². The molecule has 0 bridgehead atoms. The Labute approximate surface area is 230 Å². The van der Waals surface area contributed by atoms with Crippen molar-refractivity contribution in [3.8, 4) is 5.75 Å². The van der Waals surface area contributed by atoms with Crippen molar-refractivity contribution in [3.63, 3.8) is 0 Å². The fourth-order valence-corrected chi connectivity index (χ4v) is 7.41. The highest BCUT2D eigenvalue weighted by Gasteiger charge is 2.65. The second kappa shape index (κ2) is 10.5. The fourth-order valence-electron chi connectivity index (χ4n) is 7.41. The van der Waals surface area contributed by atoms with Crippen LogP contribution in [-0.4, -0.2) is 44.2 Å². The van der Waals surface area contributed by atoms with Crippen LogP contribution in [0, 0.1) is 11.3 Å². The van der Waals surface area contributed by atoms with Crippen molar-refractivity contribution in [2.45, 2.75) is 50.7 Å². The van der Waals surface area contributed by atoms with Gasteiger partial charge >= 0.3 is 11.9 Å². The molecule has 0 radical (unpaired) electrons. The number of benzene rings is 3. The Balaban J connectivity index is 1.78. The number of carbonyl (C=O) groups excluding carboxylic acids is 2. The molecule has 0 saturated carbocycles. The number of esters is 2. The molecule has 2 aliphatic rings. The molecule has 3 aromatic carbocycles. The third kappa shape index (κ3) is 4.41. The Morgan fingerprint density at radius 2 is 1.49 bits per heavy atom. The molecule has 3 atom stereocenters. The van der Waals surface area contributed by atoms with Crippen LogP contribution in [0.4, 0.5) is 0 Å². The predicted molar refractivity (Wildman–Crippen MR) is 149 cm³/mol. The zero-order valence-electron chi connectivity index (χ0n) is 23.3. The molecular weight excluding hydrogens is 490 g/mol. The first-order chi connectivity index (χ1) is 18.8. The monoisotopic (exact) mass is 527 g/mol. The first kappa shape index (κ1) is 26.9. The van der Waals surface area contributed by atoms with Crippen LogP contribution in [0.5, 0.6) is 5.75 Å². The summed E-state index contributed by atoms with van der Waals surface area (Å²) in [5.74, 6) is -0.335. The molecule has 6 nitrogen and oxygen atoms in total. The van der Waals surface area contributed by atoms with E-state index in [2.05, 4.69) is 43.0 Å². The number of hydrogen-bond donors (Lipinski definition) is 0. The van der Waals surface area contributed by atoms with Crippen molar-refractivity contribution in [2.24, 2.45) is 11.3 Å². The van der Waals surface area contributed by atoms with E-state index in [-0.39, 0.29) is 17.4 Å². The SMILES string of the molecule is COC(=O)C1(C(=O)OC)CC2Cc3cc(OC)ccc3C(C)(C)C2N(Cc2ccccc2)C1c1ccccc1. The van der Waals surface area contributed by atoms with Crippen LogP contribution in [0.2, 0.25) is 0 Å². The molecule has 3 unspecified atom stereocenters. The molecule has 1 saturated heterocycles. The average Bonchev–Trinajstić information content (AvgIpc) is 2.96. The zero-order valence-corrected chi connectivity index (χ0v) is 23.3. The lowest BCUT2D eigenvalue weighted by Gasteiger charge is -2.60. The van der Waals surface area contributed by atoms with Crippen molar-refractivity contribution in [1.29, 1.82) is 0 Å². The summed E-state index contributed by atoms with van der Waals surface area (Å²) in [6.45, 7) is 5.11. The summed E-state index contributed by atoms with van der Waals surface area (Å²) in [5.41, 5.74) is 2.62. The highest BCUT2D eigenvalue weighted by molar-refractivity contribution is 6.01. The van der Waals surface area contributed by atoms with Crippen LogP contribution in [0.1, 0.15) is 48.6 Å². The van der Waals surface area contributed by atoms with E-state index >= 15 is 0 Å². The maximum absolute atomic E-state index is 13.9. The topological polar surface area (TPSA) is 65.1 Å². The molecular formula is C33H37NO5. The van der Waals surface area contributed by atoms with Gasteiger partial charge in [0.1, 0.15) is 5.75 Å². The number of rotatable bonds is 6. The Morgan fingerprint density at radius 1 is 0.872 bits per heavy atom. The van der Waals surface area contributed by atoms with E-state index in [4.69, 9.17) is 14.2 Å². The summed E-state index contributed by atoms with van der Waals surface area (Å²) in [6, 6.07) is 25.8. The van der Waals surface area contributed by atoms with Gasteiger partial charge in [0.25, 0.3) is 0 Å². The Hall–Kier alpha value is -3.64. The number of fused-ring (bicyclic) bond motifs is 2. The van der Waals surface area contributed by atoms with Gasteiger partial charge in [-0.25, -0.2) is 0 Å². The standard InChI is InChI=1S/C33H37NO5/c1-32(2)27-17-16-26(37-3)19-24(27)18-25-20-33(30(35)38-4,31(36)39-5)29(23-14-10-7-11-15-23)34(28(25)32)21-22-12-8-6-9-13-22/h6-17,19,25,28-29H,18,20-21H2,1-5H3. The summed E-state index contributed by atoms with van der Waals surface area (Å²) >= 11 is 0. The van der Waals surface area contributed by atoms with Crippen molar-refractivity contribution >= 4 is 11.9 Å². The minimum absolute atomic E-state index is 0.0125. The molecule has 1 aliphatic carbocycles. The summed E-state index contributed by atoms with van der Waals surface area (Å²) in [5, 5.41) is 0. The van der Waals surface area contributed by atoms with Gasteiger partial charge in [0.15, 0.2) is 5.41 Å². The Morgan fingerprint density at radius 3 is 2.08 bits per heavy atom. The van der Waals surface area contributed by atoms with Crippen LogP contribution >= 0.6 is 0 Å². The largest absolute Gasteiger partial charge is 0.497 e. The van der Waals surface area contributed by atoms with E-state index in [0.29, 0.717) is 19.4 Å². The van der Waals surface area contributed by atoms with Crippen LogP contribution < -0.4 is 4.74 Å². The number of piperidine rings is 1. The van der Waals surface area contributed by atoms with E-state index in [1.807, 2.05) is 54.6 Å². The van der Waals surface area contributed by atoms with E-state index < -0.39 is 23.4 Å². The predicted octanol–water partition coefficient (Wildman–Crippen LogP) is 5.49. The number of nitrogens with zero attached hydrogens (tertiary/aromatic N) is 1. The molecule has 1 aliphatic heterocycles. The van der Waals surface area contributed by atoms with E-state index in [0.717, 1.165) is 16.9 Å². The first-order valence-corrected chi connectivity index (χ1v) is 13.5. The molecule has 3 aromatic rings. The maximum Gasteiger partial charge on any atom is 0.325 e. The van der Waals surface area contributed by atoms with Gasteiger partial charge < -0.3 is 14.2 Å². The molecule has 1 heterocycles. The smallest absolute Gasteiger partial charge is 0.325 e. The molecule has 0 amide bonds. The third-order valence-electron chi connectivity index (χ3n) is 8.84. The van der Waals surface area contributed by atoms with Crippen LogP contribution in [0.25, 0.3) is 0 Å². The zero-order chi connectivity index (χ0) is 27.8. The maximum atomic E-state index is 13.9. The number of methoxy groups -OCH3 is 3. The summed E-state index contributed by atoms with van der Waals surface area (Å²) in [7, 11) is 4.38. The molecule has 0 N–H and O–H groups in total. The highest BCUT2D eigenvalue weighted by atomic mass is 16.5. The van der Waals surface area contributed by atoms with Gasteiger partial charge in [-0.2, -0.15) is 0 Å². The Kier molecular flexibility index (Phi) is 7.25. The van der Waals surface area contributed by atoms with E-state index in [1.165, 1.54) is 25.3 Å². The summed E-state index contributed by atoms with van der Waals surface area (Å²) < 4.78 is 16.4. The van der Waals surface area contributed by atoms with Gasteiger partial charge in [-0.1, -0.05) is 80.6 Å². The lowest BCUT2D eigenvalue weighted by Crippen LogP contribution is -2.66. The van der Waals surface area contributed by atoms with Crippen molar-refractivity contribution in [1.82, 2.24) is 4.90 Å². The number of likely N-dealkylation sites (tertiary alicyclic amines) is 1. The van der Waals surface area contributed by atoms with Crippen LogP contribution in [-0.2, 0) is 37.4 Å². The number of ether oxygens (including phenoxy) is 3. The lowest BCUT2D eigenvalue weighted by molar-refractivity contribution is -0.189. The van der Waals surface area contributed by atoms with Gasteiger partial charge in [-0.3, -0.25) is 14.5 Å². The van der Waals surface area contributed by atoms with Gasteiger partial charge in [-0.05, 0) is 53.1 Å². The van der Waals surface area contributed by atoms with Crippen LogP contribution in [0.15, 0.2) is 78.9 Å². The molecule has 39 heavy (non-hydrogen) atoms. The summed E-state index contributed by atoms with van der Waals surface area (Å²) in [4.78, 5) is 30.1. The average molecular weight is 528 g/mol. The van der Waals surface area contributed by atoms with Gasteiger partial charge in [0.05, 0.1) is 27.4 Å². The van der Waals surface area contributed by atoms with Gasteiger partial charge in [-0.15, -0.1) is 0 Å². The number of hydrogen-bond acceptors (Lipinski definition) is 6. The molecule has 5 rings (SSSR count). The van der Waals surface area contributed by atoms with Crippen molar-refractivity contribution in [2.75, 3.05) is 21.3 Å². The fraction of sp³-hybridized carbons (Fsp3) is 0.394. The second-order valence-electron chi connectivity index (χ2n) is 11.3. The first-order valence-electron chi connectivity index (χ1n) is 13.5. The molecule has 0 spiro atoms. The van der Waals surface area contributed by atoms with Crippen LogP contribution in [0.3, 0.4) is 0 Å². The normalized spacial score (nSPS) is 23.2. The minimum atomic E-state index is -1.53. The van der Waals surface area contributed by atoms with E-state index in [9.17, 15) is 9.59 Å². The molecule has 1 fully saturated rings. The summed E-state index contributed by atoms with van der Waals surface area (Å²) in [6.07, 6.45) is 1.03. The lowest BCUT2D eigenvalue weighted by atomic mass is 9.55. The van der Waals surface area contributed by atoms with Crippen molar-refractivity contribution in [3.05, 3.63) is 101 Å². The van der Waals surface area contributed by atoms with Crippen molar-refractivity contribution < 1.29 is 23.8 Å². The quantitative estimate of drug-likeness (QED) is 0.312. The highest BCUT2D eigenvalue weighted by Crippen LogP contribution is 2.58. The molecule has 6 heteroatoms. The van der Waals surface area contributed by atoms with Gasteiger partial charge in [0, 0.05) is 18.0 Å². The molecule has 0 aromatic heterocycles. The second-order valence-corrected chi connectivity index (χ2v) is 11.3. The number of carbonyl (C=O) groups is 2. The third-order valence-corrected chi connectivity index (χ3v) is 8.84. The Bertz CT molecular complexity index is 1320. The van der Waals surface area contributed by atoms with E-state index in [1.54, 1.807) is 7.11 Å².